The van der Waals surface area contributed by atoms with Gasteiger partial charge in [-0.15, -0.1) is 0 Å². The van der Waals surface area contributed by atoms with Crippen molar-refractivity contribution >= 4 is 6.08 Å². The smallest absolute Gasteiger partial charge is 0.115 e. The average Bonchev–Trinajstić information content (AvgIpc) is 2.63. The van der Waals surface area contributed by atoms with Gasteiger partial charge in [0.15, 0.2) is 0 Å². The summed E-state index contributed by atoms with van der Waals surface area (Å²) in [5.74, 6) is 5.88. The predicted octanol–water partition coefficient (Wildman–Crippen LogP) is 4.72. The molecule has 0 aliphatic rings. The molecular weight excluding hydrogens is 310 g/mol. The van der Waals surface area contributed by atoms with E-state index in [0.29, 0.717) is 5.69 Å². The molecule has 138 valence electrons. The van der Waals surface area contributed by atoms with Gasteiger partial charge in [0.25, 0.3) is 0 Å². The summed E-state index contributed by atoms with van der Waals surface area (Å²) in [7, 11) is 0. The maximum Gasteiger partial charge on any atom is 0.115 e. The van der Waals surface area contributed by atoms with Gasteiger partial charge in [-0.25, -0.2) is 4.98 Å². The maximum atomic E-state index is 9.97. The van der Waals surface area contributed by atoms with Gasteiger partial charge in [0.05, 0.1) is 5.69 Å². The molecule has 0 radical (unpaired) electrons. The largest absolute Gasteiger partial charge is 0.396 e. The molecule has 1 heterocycles. The van der Waals surface area contributed by atoms with Crippen LogP contribution in [0.3, 0.4) is 0 Å². The Bertz CT molecular complexity index is 542. The second-order valence-corrected chi connectivity index (χ2v) is 6.41. The number of hydrogen-bond acceptors (Lipinski definition) is 3. The monoisotopic (exact) mass is 343 g/mol. The highest BCUT2D eigenvalue weighted by Crippen LogP contribution is 2.08. The van der Waals surface area contributed by atoms with Crippen LogP contribution in [-0.4, -0.2) is 27.9 Å². The van der Waals surface area contributed by atoms with E-state index >= 15 is 0 Å². The molecule has 25 heavy (non-hydrogen) atoms. The molecule has 1 aromatic rings. The summed E-state index contributed by atoms with van der Waals surface area (Å²) < 4.78 is 0. The normalized spacial score (nSPS) is 12.1. The number of unbranched alkanes of at least 4 members (excludes halogenated alkanes) is 7. The minimum atomic E-state index is -0.564. The number of hydrogen-bond donors (Lipinski definition) is 2. The van der Waals surface area contributed by atoms with Crippen LogP contribution in [0.15, 0.2) is 24.3 Å². The molecule has 3 heteroatoms. The van der Waals surface area contributed by atoms with Gasteiger partial charge >= 0.3 is 0 Å². The molecule has 0 spiro atoms. The molecule has 0 saturated heterocycles. The van der Waals surface area contributed by atoms with Gasteiger partial charge in [0.2, 0.25) is 0 Å². The van der Waals surface area contributed by atoms with Crippen LogP contribution < -0.4 is 0 Å². The van der Waals surface area contributed by atoms with E-state index < -0.39 is 6.10 Å². The van der Waals surface area contributed by atoms with Crippen molar-refractivity contribution in [3.63, 3.8) is 0 Å². The van der Waals surface area contributed by atoms with Crippen molar-refractivity contribution in [3.8, 4) is 11.8 Å². The fraction of sp³-hybridized carbons (Fsp3) is 0.591. The number of aliphatic hydroxyl groups excluding tert-OH is 2. The number of allylic oxidation sites excluding steroid dienone is 1. The third kappa shape index (κ3) is 11.5. The highest BCUT2D eigenvalue weighted by Gasteiger charge is 1.99. The van der Waals surface area contributed by atoms with Gasteiger partial charge < -0.3 is 10.2 Å². The summed E-state index contributed by atoms with van der Waals surface area (Å²) in [6.07, 6.45) is 14.3. The average molecular weight is 344 g/mol. The van der Waals surface area contributed by atoms with Gasteiger partial charge in [0.1, 0.15) is 11.8 Å². The zero-order chi connectivity index (χ0) is 18.2. The van der Waals surface area contributed by atoms with Gasteiger partial charge in [-0.2, -0.15) is 0 Å². The Morgan fingerprint density at radius 1 is 1.08 bits per heavy atom. The molecule has 0 saturated carbocycles. The van der Waals surface area contributed by atoms with Gasteiger partial charge in [-0.3, -0.25) is 0 Å². The van der Waals surface area contributed by atoms with Crippen molar-refractivity contribution < 1.29 is 10.2 Å². The first-order valence-corrected chi connectivity index (χ1v) is 9.70. The van der Waals surface area contributed by atoms with Crippen LogP contribution in [0.2, 0.25) is 0 Å². The van der Waals surface area contributed by atoms with E-state index in [4.69, 9.17) is 5.11 Å². The minimum Gasteiger partial charge on any atom is -0.396 e. The minimum absolute atomic E-state index is 0.248. The molecule has 0 aliphatic heterocycles. The van der Waals surface area contributed by atoms with Crippen LogP contribution in [0.5, 0.6) is 0 Å². The number of aromatic nitrogens is 1. The zero-order valence-corrected chi connectivity index (χ0v) is 15.6. The van der Waals surface area contributed by atoms with Crippen LogP contribution in [0, 0.1) is 11.8 Å². The van der Waals surface area contributed by atoms with Crippen LogP contribution in [0.25, 0.3) is 6.08 Å². The summed E-state index contributed by atoms with van der Waals surface area (Å²) in [6.45, 7) is 2.47. The Kier molecular flexibility index (Phi) is 12.6. The molecule has 0 amide bonds. The van der Waals surface area contributed by atoms with Gasteiger partial charge in [0, 0.05) is 6.61 Å². The Balaban J connectivity index is 2.36. The lowest BCUT2D eigenvalue weighted by molar-refractivity contribution is 0.217. The van der Waals surface area contributed by atoms with Crippen molar-refractivity contribution in [1.29, 1.82) is 0 Å². The lowest BCUT2D eigenvalue weighted by Crippen LogP contribution is -2.02. The highest BCUT2D eigenvalue weighted by molar-refractivity contribution is 5.46. The SMILES string of the molecule is CCCCCCCCC(O)C#Cc1cccc(/C=C\CCCCO)n1. The topological polar surface area (TPSA) is 53.4 Å². The summed E-state index contributed by atoms with van der Waals surface area (Å²) in [6, 6.07) is 5.75. The van der Waals surface area contributed by atoms with Crippen LogP contribution >= 0.6 is 0 Å². The van der Waals surface area contributed by atoms with Crippen molar-refractivity contribution in [2.75, 3.05) is 6.61 Å². The quantitative estimate of drug-likeness (QED) is 0.426. The summed E-state index contributed by atoms with van der Waals surface area (Å²) in [4.78, 5) is 4.47. The highest BCUT2D eigenvalue weighted by atomic mass is 16.3. The van der Waals surface area contributed by atoms with E-state index in [1.54, 1.807) is 0 Å². The Morgan fingerprint density at radius 2 is 1.88 bits per heavy atom. The maximum absolute atomic E-state index is 9.97. The van der Waals surface area contributed by atoms with Gasteiger partial charge in [-0.05, 0) is 56.2 Å². The van der Waals surface area contributed by atoms with Crippen molar-refractivity contribution in [3.05, 3.63) is 35.7 Å². The number of aliphatic hydroxyl groups is 2. The molecule has 1 aromatic heterocycles. The Hall–Kier alpha value is -1.63. The van der Waals surface area contributed by atoms with E-state index in [1.165, 1.54) is 32.1 Å². The van der Waals surface area contributed by atoms with E-state index in [0.717, 1.165) is 37.8 Å². The van der Waals surface area contributed by atoms with Crippen LogP contribution in [0.1, 0.15) is 82.5 Å². The summed E-state index contributed by atoms with van der Waals surface area (Å²) >= 11 is 0. The van der Waals surface area contributed by atoms with E-state index in [9.17, 15) is 5.11 Å². The molecular formula is C22H33NO2. The van der Waals surface area contributed by atoms with Crippen LogP contribution in [0.4, 0.5) is 0 Å². The number of nitrogens with zero attached hydrogens (tertiary/aromatic N) is 1. The molecule has 0 aliphatic carbocycles. The van der Waals surface area contributed by atoms with Crippen molar-refractivity contribution in [2.24, 2.45) is 0 Å². The number of pyridine rings is 1. The molecule has 2 N–H and O–H groups in total. The molecule has 0 aromatic carbocycles. The molecule has 1 unspecified atom stereocenters. The first kappa shape index (κ1) is 21.4. The molecule has 0 fully saturated rings. The van der Waals surface area contributed by atoms with E-state index in [-0.39, 0.29) is 6.61 Å². The lowest BCUT2D eigenvalue weighted by atomic mass is 10.1. The zero-order valence-electron chi connectivity index (χ0n) is 15.6. The van der Waals surface area contributed by atoms with Gasteiger partial charge in [-0.1, -0.05) is 57.1 Å². The first-order chi connectivity index (χ1) is 12.3. The summed E-state index contributed by atoms with van der Waals surface area (Å²) in [5.41, 5.74) is 1.57. The lowest BCUT2D eigenvalue weighted by Gasteiger charge is -2.03. The predicted molar refractivity (Wildman–Crippen MR) is 105 cm³/mol. The van der Waals surface area contributed by atoms with Crippen molar-refractivity contribution in [1.82, 2.24) is 4.98 Å². The second kappa shape index (κ2) is 14.7. The fourth-order valence-corrected chi connectivity index (χ4v) is 2.54. The van der Waals surface area contributed by atoms with E-state index in [1.807, 2.05) is 24.3 Å². The first-order valence-electron chi connectivity index (χ1n) is 9.70. The third-order valence-corrected chi connectivity index (χ3v) is 4.04. The molecule has 3 nitrogen and oxygen atoms in total. The van der Waals surface area contributed by atoms with Crippen LogP contribution in [-0.2, 0) is 0 Å². The Morgan fingerprint density at radius 3 is 2.68 bits per heavy atom. The molecule has 1 atom stereocenters. The number of rotatable bonds is 12. The fourth-order valence-electron chi connectivity index (χ4n) is 2.54. The molecule has 1 rings (SSSR count). The Labute approximate surface area is 153 Å². The van der Waals surface area contributed by atoms with Crippen molar-refractivity contribution in [2.45, 2.75) is 77.2 Å². The standard InChI is InChI=1S/C22H33NO2/c1-2-3-4-5-6-10-16-22(25)18-17-21-15-12-14-20(23-21)13-9-7-8-11-19-24/h9,12-15,22,24-25H,2-8,10-11,16,19H2,1H3/b13-9-. The molecule has 0 bridgehead atoms. The summed E-state index contributed by atoms with van der Waals surface area (Å²) in [5, 5.41) is 18.7. The second-order valence-electron chi connectivity index (χ2n) is 6.41. The van der Waals surface area contributed by atoms with E-state index in [2.05, 4.69) is 29.8 Å². The third-order valence-electron chi connectivity index (χ3n) is 4.04.